The van der Waals surface area contributed by atoms with Gasteiger partial charge in [-0.3, -0.25) is 9.36 Å². The van der Waals surface area contributed by atoms with Crippen LogP contribution in [0.3, 0.4) is 0 Å². The van der Waals surface area contributed by atoms with E-state index in [2.05, 4.69) is 5.10 Å². The zero-order valence-corrected chi connectivity index (χ0v) is 23.4. The summed E-state index contributed by atoms with van der Waals surface area (Å²) < 4.78 is 95.7. The van der Waals surface area contributed by atoms with Gasteiger partial charge in [-0.1, -0.05) is 6.07 Å². The number of para-hydroxylation sites is 1. The number of fused-ring (bicyclic) bond motifs is 1. The van der Waals surface area contributed by atoms with E-state index in [1.54, 1.807) is 20.8 Å². The van der Waals surface area contributed by atoms with Crippen LogP contribution in [0.5, 0.6) is 5.75 Å². The van der Waals surface area contributed by atoms with E-state index in [0.29, 0.717) is 23.7 Å². The highest BCUT2D eigenvalue weighted by atomic mass is 19.4. The van der Waals surface area contributed by atoms with Crippen LogP contribution >= 0.6 is 0 Å². The van der Waals surface area contributed by atoms with E-state index in [0.717, 1.165) is 18.2 Å². The summed E-state index contributed by atoms with van der Waals surface area (Å²) in [6.07, 6.45) is -7.96. The minimum Gasteiger partial charge on any atom is -0.480 e. The fraction of sp³-hybridized carbons (Fsp3) is 0.407. The number of carbonyl (C=O) groups is 2. The molecule has 0 bridgehead atoms. The standard InChI is InChI=1S/C27H27F6N5O5/c1-14(27(31,32)33)42-20-13-19(18(30)12-15(20)23(39)34-22-16(28)6-5-7-17(22)29)38-24(40)37-11-10-36(9-8-21(37)35-38)25(41)43-26(2,3)4/h5-7,12-14H,8-11H2,1-4H3,(H,34,39)/t14-/m0/s1. The predicted molar refractivity (Wildman–Crippen MR) is 140 cm³/mol. The quantitative estimate of drug-likeness (QED) is 0.413. The molecule has 0 saturated heterocycles. The summed E-state index contributed by atoms with van der Waals surface area (Å²) in [6, 6.07) is 3.82. The first-order valence-electron chi connectivity index (χ1n) is 13.0. The Kier molecular flexibility index (Phi) is 8.51. The Morgan fingerprint density at radius 3 is 2.26 bits per heavy atom. The van der Waals surface area contributed by atoms with Gasteiger partial charge in [0.25, 0.3) is 5.91 Å². The third-order valence-corrected chi connectivity index (χ3v) is 6.28. The van der Waals surface area contributed by atoms with Crippen molar-refractivity contribution in [1.82, 2.24) is 19.2 Å². The maximum absolute atomic E-state index is 15.4. The van der Waals surface area contributed by atoms with E-state index in [1.165, 1.54) is 9.47 Å². The lowest BCUT2D eigenvalue weighted by Crippen LogP contribution is -2.39. The Hall–Kier alpha value is -4.50. The number of hydrogen-bond acceptors (Lipinski definition) is 6. The van der Waals surface area contributed by atoms with Gasteiger partial charge in [-0.15, -0.1) is 5.10 Å². The molecule has 0 saturated carbocycles. The largest absolute Gasteiger partial charge is 0.480 e. The van der Waals surface area contributed by atoms with Gasteiger partial charge in [0.1, 0.15) is 46.0 Å². The summed E-state index contributed by atoms with van der Waals surface area (Å²) in [6.45, 7) is 5.84. The van der Waals surface area contributed by atoms with Gasteiger partial charge in [-0.2, -0.15) is 17.9 Å². The predicted octanol–water partition coefficient (Wildman–Crippen LogP) is 4.83. The molecule has 1 aromatic heterocycles. The average Bonchev–Trinajstić information content (AvgIpc) is 3.05. The van der Waals surface area contributed by atoms with Crippen molar-refractivity contribution in [3.8, 4) is 11.4 Å². The zero-order chi connectivity index (χ0) is 31.9. The van der Waals surface area contributed by atoms with Crippen molar-refractivity contribution < 1.29 is 45.4 Å². The normalized spacial score (nSPS) is 14.5. The van der Waals surface area contributed by atoms with Crippen LogP contribution in [-0.2, 0) is 17.7 Å². The van der Waals surface area contributed by atoms with Crippen molar-refractivity contribution in [3.05, 3.63) is 69.7 Å². The fourth-order valence-electron chi connectivity index (χ4n) is 4.12. The number of anilines is 1. The number of ether oxygens (including phenoxy) is 2. The highest BCUT2D eigenvalue weighted by Gasteiger charge is 2.39. The molecule has 2 amide bonds. The van der Waals surface area contributed by atoms with Gasteiger partial charge in [0.15, 0.2) is 6.10 Å². The Morgan fingerprint density at radius 2 is 1.65 bits per heavy atom. The maximum Gasteiger partial charge on any atom is 0.425 e. The summed E-state index contributed by atoms with van der Waals surface area (Å²) >= 11 is 0. The van der Waals surface area contributed by atoms with Crippen LogP contribution in [0.15, 0.2) is 35.1 Å². The number of rotatable bonds is 5. The van der Waals surface area contributed by atoms with Crippen molar-refractivity contribution in [3.63, 3.8) is 0 Å². The lowest BCUT2D eigenvalue weighted by Gasteiger charge is -2.26. The van der Waals surface area contributed by atoms with Gasteiger partial charge in [-0.25, -0.2) is 22.8 Å². The Balaban J connectivity index is 1.70. The van der Waals surface area contributed by atoms with Crippen molar-refractivity contribution in [2.24, 2.45) is 0 Å². The second kappa shape index (κ2) is 11.6. The summed E-state index contributed by atoms with van der Waals surface area (Å²) in [5.41, 5.74) is -4.02. The van der Waals surface area contributed by atoms with Gasteiger partial charge in [0.05, 0.1) is 5.56 Å². The number of alkyl halides is 3. The first-order chi connectivity index (χ1) is 20.0. The Bertz CT molecular complexity index is 1590. The molecule has 1 aliphatic heterocycles. The number of benzene rings is 2. The molecule has 10 nitrogen and oxygen atoms in total. The molecule has 2 heterocycles. The van der Waals surface area contributed by atoms with Crippen LogP contribution in [0.4, 0.5) is 36.8 Å². The highest BCUT2D eigenvalue weighted by Crippen LogP contribution is 2.31. The van der Waals surface area contributed by atoms with Gasteiger partial charge in [0, 0.05) is 32.1 Å². The summed E-state index contributed by atoms with van der Waals surface area (Å²) in [5.74, 6) is -5.70. The summed E-state index contributed by atoms with van der Waals surface area (Å²) in [4.78, 5) is 40.0. The Labute approximate surface area is 240 Å². The van der Waals surface area contributed by atoms with E-state index in [1.807, 2.05) is 5.32 Å². The van der Waals surface area contributed by atoms with Gasteiger partial charge in [0.2, 0.25) is 0 Å². The number of hydrogen-bond donors (Lipinski definition) is 1. The number of carbonyl (C=O) groups excluding carboxylic acids is 2. The van der Waals surface area contributed by atoms with E-state index in [9.17, 15) is 36.3 Å². The van der Waals surface area contributed by atoms with E-state index >= 15 is 4.39 Å². The molecular weight excluding hydrogens is 588 g/mol. The topological polar surface area (TPSA) is 108 Å². The third-order valence-electron chi connectivity index (χ3n) is 6.28. The second-order valence-corrected chi connectivity index (χ2v) is 10.6. The maximum atomic E-state index is 15.4. The minimum absolute atomic E-state index is 0.0435. The zero-order valence-electron chi connectivity index (χ0n) is 23.4. The van der Waals surface area contributed by atoms with Crippen LogP contribution in [-0.4, -0.2) is 62.2 Å². The fourth-order valence-corrected chi connectivity index (χ4v) is 4.12. The van der Waals surface area contributed by atoms with E-state index in [4.69, 9.17) is 9.47 Å². The van der Waals surface area contributed by atoms with Gasteiger partial charge >= 0.3 is 18.0 Å². The molecule has 0 fully saturated rings. The SMILES string of the molecule is C[C@H](Oc1cc(-n2nc3n(c2=O)CCN(C(=O)OC(C)(C)C)CC3)c(F)cc1C(=O)Nc1c(F)cccc1F)C(F)(F)F. The smallest absolute Gasteiger partial charge is 0.425 e. The first kappa shape index (κ1) is 31.4. The highest BCUT2D eigenvalue weighted by molar-refractivity contribution is 6.06. The number of nitrogens with one attached hydrogen (secondary N) is 1. The first-order valence-corrected chi connectivity index (χ1v) is 13.0. The molecule has 3 aromatic rings. The molecule has 0 aliphatic carbocycles. The molecule has 43 heavy (non-hydrogen) atoms. The lowest BCUT2D eigenvalue weighted by molar-refractivity contribution is -0.189. The van der Waals surface area contributed by atoms with Crippen molar-refractivity contribution in [1.29, 1.82) is 0 Å². The number of halogens is 6. The van der Waals surface area contributed by atoms with Crippen molar-refractivity contribution in [2.75, 3.05) is 18.4 Å². The molecule has 16 heteroatoms. The van der Waals surface area contributed by atoms with E-state index < -0.39 is 75.7 Å². The third kappa shape index (κ3) is 6.94. The molecule has 0 radical (unpaired) electrons. The molecule has 1 atom stereocenters. The monoisotopic (exact) mass is 615 g/mol. The minimum atomic E-state index is -4.91. The van der Waals surface area contributed by atoms with Crippen LogP contribution in [0.2, 0.25) is 0 Å². The summed E-state index contributed by atoms with van der Waals surface area (Å²) in [7, 11) is 0. The van der Waals surface area contributed by atoms with Crippen molar-refractivity contribution in [2.45, 2.75) is 58.5 Å². The molecule has 0 spiro atoms. The number of nitrogens with zero attached hydrogens (tertiary/aromatic N) is 4. The molecule has 0 unspecified atom stereocenters. The number of amides is 2. The average molecular weight is 616 g/mol. The van der Waals surface area contributed by atoms with Gasteiger partial charge in [-0.05, 0) is 45.9 Å². The lowest BCUT2D eigenvalue weighted by atomic mass is 10.1. The molecule has 2 aromatic carbocycles. The molecule has 1 N–H and O–H groups in total. The van der Waals surface area contributed by atoms with E-state index in [-0.39, 0.29) is 31.9 Å². The Morgan fingerprint density at radius 1 is 1.00 bits per heavy atom. The summed E-state index contributed by atoms with van der Waals surface area (Å²) in [5, 5.41) is 5.99. The van der Waals surface area contributed by atoms with Crippen LogP contribution in [0, 0.1) is 17.5 Å². The van der Waals surface area contributed by atoms with Crippen LogP contribution in [0.25, 0.3) is 5.69 Å². The molecule has 232 valence electrons. The van der Waals surface area contributed by atoms with Gasteiger partial charge < -0.3 is 19.7 Å². The van der Waals surface area contributed by atoms with Crippen molar-refractivity contribution >= 4 is 17.7 Å². The molecule has 1 aliphatic rings. The van der Waals surface area contributed by atoms with Crippen LogP contribution in [0.1, 0.15) is 43.9 Å². The van der Waals surface area contributed by atoms with Crippen LogP contribution < -0.4 is 15.7 Å². The second-order valence-electron chi connectivity index (χ2n) is 10.6. The number of aromatic nitrogens is 3. The molecule has 4 rings (SSSR count). The molecular formula is C27H27F6N5O5.